The number of rotatable bonds is 5. The molecule has 2 heterocycles. The number of aromatic nitrogens is 3. The van der Waals surface area contributed by atoms with E-state index >= 15 is 0 Å². The van der Waals surface area contributed by atoms with Gasteiger partial charge in [-0.05, 0) is 18.1 Å². The summed E-state index contributed by atoms with van der Waals surface area (Å²) in [5.74, 6) is 0.849. The van der Waals surface area contributed by atoms with Crippen LogP contribution >= 0.6 is 0 Å². The van der Waals surface area contributed by atoms with E-state index in [2.05, 4.69) is 26.5 Å². The van der Waals surface area contributed by atoms with Crippen LogP contribution in [0.25, 0.3) is 10.9 Å². The molecule has 0 aliphatic heterocycles. The number of aromatic amines is 1. The largest absolute Gasteiger partial charge is 0.361 e. The normalized spacial score (nSPS) is 10.9. The quantitative estimate of drug-likeness (QED) is 0.745. The highest BCUT2D eigenvalue weighted by Gasteiger charge is 2.11. The van der Waals surface area contributed by atoms with Crippen molar-refractivity contribution >= 4 is 16.8 Å². The van der Waals surface area contributed by atoms with E-state index in [4.69, 9.17) is 4.52 Å². The zero-order valence-corrected chi connectivity index (χ0v) is 11.7. The maximum atomic E-state index is 11.2. The lowest BCUT2D eigenvalue weighted by molar-refractivity contribution is -0.120. The van der Waals surface area contributed by atoms with Gasteiger partial charge in [0, 0.05) is 30.6 Å². The van der Waals surface area contributed by atoms with E-state index in [1.165, 1.54) is 10.9 Å². The zero-order chi connectivity index (χ0) is 14.7. The van der Waals surface area contributed by atoms with Crippen LogP contribution in [0.5, 0.6) is 0 Å². The Bertz CT molecular complexity index is 760. The van der Waals surface area contributed by atoms with Crippen molar-refractivity contribution < 1.29 is 9.32 Å². The Hall–Kier alpha value is -2.63. The van der Waals surface area contributed by atoms with Crippen LogP contribution < -0.4 is 5.32 Å². The number of hydrogen-bond donors (Lipinski definition) is 2. The first-order chi connectivity index (χ1) is 10.3. The summed E-state index contributed by atoms with van der Waals surface area (Å²) in [6, 6.07) is 8.17. The second-order valence-corrected chi connectivity index (χ2v) is 4.81. The number of nitrogens with zero attached hydrogens (tertiary/aromatic N) is 2. The number of para-hydroxylation sites is 1. The second kappa shape index (κ2) is 5.78. The molecule has 0 spiro atoms. The molecular formula is C15H16N4O2. The first kappa shape index (κ1) is 13.4. The molecule has 6 heteroatoms. The summed E-state index contributed by atoms with van der Waals surface area (Å²) in [5, 5.41) is 7.55. The smallest absolute Gasteiger partial charge is 0.227 e. The van der Waals surface area contributed by atoms with E-state index in [1.807, 2.05) is 24.4 Å². The van der Waals surface area contributed by atoms with Gasteiger partial charge >= 0.3 is 0 Å². The molecule has 1 aromatic carbocycles. The van der Waals surface area contributed by atoms with Crippen LogP contribution in [-0.4, -0.2) is 28.1 Å². The fourth-order valence-electron chi connectivity index (χ4n) is 2.28. The molecule has 3 rings (SSSR count). The molecule has 0 aliphatic rings. The third kappa shape index (κ3) is 2.94. The lowest BCUT2D eigenvalue weighted by atomic mass is 10.1. The SMILES string of the molecule is CNC(=O)Cc1noc(CCc2c[nH]c3ccccc23)n1. The third-order valence-corrected chi connectivity index (χ3v) is 3.39. The molecule has 6 nitrogen and oxygen atoms in total. The van der Waals surface area contributed by atoms with Gasteiger partial charge in [-0.2, -0.15) is 4.98 Å². The monoisotopic (exact) mass is 284 g/mol. The van der Waals surface area contributed by atoms with Crippen LogP contribution in [0.15, 0.2) is 35.0 Å². The number of aryl methyl sites for hydroxylation is 2. The van der Waals surface area contributed by atoms with Gasteiger partial charge < -0.3 is 14.8 Å². The molecule has 2 aromatic heterocycles. The zero-order valence-electron chi connectivity index (χ0n) is 11.7. The van der Waals surface area contributed by atoms with E-state index < -0.39 is 0 Å². The van der Waals surface area contributed by atoms with Crippen molar-refractivity contribution in [1.82, 2.24) is 20.4 Å². The van der Waals surface area contributed by atoms with Crippen molar-refractivity contribution in [3.63, 3.8) is 0 Å². The summed E-state index contributed by atoms with van der Waals surface area (Å²) in [5.41, 5.74) is 2.34. The van der Waals surface area contributed by atoms with E-state index in [-0.39, 0.29) is 12.3 Å². The van der Waals surface area contributed by atoms with E-state index in [0.29, 0.717) is 18.1 Å². The molecule has 1 amide bonds. The predicted octanol–water partition coefficient (Wildman–Crippen LogP) is 1.62. The molecule has 0 radical (unpaired) electrons. The standard InChI is InChI=1S/C15H16N4O2/c1-16-14(20)8-13-18-15(21-19-13)7-6-10-9-17-12-5-3-2-4-11(10)12/h2-5,9,17H,6-8H2,1H3,(H,16,20). The number of carbonyl (C=O) groups excluding carboxylic acids is 1. The maximum Gasteiger partial charge on any atom is 0.227 e. The Morgan fingerprint density at radius 2 is 2.19 bits per heavy atom. The van der Waals surface area contributed by atoms with E-state index in [9.17, 15) is 4.79 Å². The van der Waals surface area contributed by atoms with Crippen LogP contribution in [0.2, 0.25) is 0 Å². The maximum absolute atomic E-state index is 11.2. The summed E-state index contributed by atoms with van der Waals surface area (Å²) in [7, 11) is 1.58. The fourth-order valence-corrected chi connectivity index (χ4v) is 2.28. The molecule has 2 N–H and O–H groups in total. The minimum Gasteiger partial charge on any atom is -0.361 e. The number of carbonyl (C=O) groups is 1. The van der Waals surface area contributed by atoms with Crippen molar-refractivity contribution in [2.45, 2.75) is 19.3 Å². The summed E-state index contributed by atoms with van der Waals surface area (Å²) in [4.78, 5) is 18.7. The predicted molar refractivity (Wildman–Crippen MR) is 77.8 cm³/mol. The van der Waals surface area contributed by atoms with Crippen LogP contribution in [0.3, 0.4) is 0 Å². The van der Waals surface area contributed by atoms with Crippen LogP contribution in [-0.2, 0) is 24.1 Å². The number of H-pyrrole nitrogens is 1. The molecule has 0 bridgehead atoms. The summed E-state index contributed by atoms with van der Waals surface area (Å²) in [6.45, 7) is 0. The average Bonchev–Trinajstić information content (AvgIpc) is 3.11. The molecule has 0 aliphatic carbocycles. The van der Waals surface area contributed by atoms with Gasteiger partial charge in [-0.1, -0.05) is 23.4 Å². The Morgan fingerprint density at radius 1 is 1.33 bits per heavy atom. The first-order valence-corrected chi connectivity index (χ1v) is 6.83. The van der Waals surface area contributed by atoms with Crippen LogP contribution in [0.4, 0.5) is 0 Å². The number of fused-ring (bicyclic) bond motifs is 1. The minimum absolute atomic E-state index is 0.126. The van der Waals surface area contributed by atoms with Crippen LogP contribution in [0.1, 0.15) is 17.3 Å². The second-order valence-electron chi connectivity index (χ2n) is 4.81. The highest BCUT2D eigenvalue weighted by Crippen LogP contribution is 2.19. The number of benzene rings is 1. The van der Waals surface area contributed by atoms with E-state index in [1.54, 1.807) is 7.05 Å². The minimum atomic E-state index is -0.126. The van der Waals surface area contributed by atoms with Crippen molar-refractivity contribution in [2.75, 3.05) is 7.05 Å². The van der Waals surface area contributed by atoms with Gasteiger partial charge in [-0.25, -0.2) is 0 Å². The lowest BCUT2D eigenvalue weighted by Gasteiger charge is -1.96. The van der Waals surface area contributed by atoms with E-state index in [0.717, 1.165) is 11.9 Å². The highest BCUT2D eigenvalue weighted by atomic mass is 16.5. The van der Waals surface area contributed by atoms with Gasteiger partial charge in [-0.3, -0.25) is 4.79 Å². The lowest BCUT2D eigenvalue weighted by Crippen LogP contribution is -2.20. The fraction of sp³-hybridized carbons (Fsp3) is 0.267. The van der Waals surface area contributed by atoms with Gasteiger partial charge in [0.15, 0.2) is 5.82 Å². The molecular weight excluding hydrogens is 268 g/mol. The molecule has 0 saturated carbocycles. The molecule has 0 saturated heterocycles. The van der Waals surface area contributed by atoms with Gasteiger partial charge in [0.25, 0.3) is 0 Å². The molecule has 21 heavy (non-hydrogen) atoms. The molecule has 0 fully saturated rings. The van der Waals surface area contributed by atoms with Crippen molar-refractivity contribution in [1.29, 1.82) is 0 Å². The van der Waals surface area contributed by atoms with Gasteiger partial charge in [0.2, 0.25) is 11.8 Å². The summed E-state index contributed by atoms with van der Waals surface area (Å²) in [6.07, 6.45) is 3.62. The summed E-state index contributed by atoms with van der Waals surface area (Å²) < 4.78 is 5.17. The Balaban J connectivity index is 1.66. The van der Waals surface area contributed by atoms with Gasteiger partial charge in [0.05, 0.1) is 6.42 Å². The molecule has 0 atom stereocenters. The molecule has 0 unspecified atom stereocenters. The van der Waals surface area contributed by atoms with Crippen molar-refractivity contribution in [3.8, 4) is 0 Å². The number of likely N-dealkylation sites (N-methyl/N-ethyl adjacent to an activating group) is 1. The Kier molecular flexibility index (Phi) is 3.68. The van der Waals surface area contributed by atoms with Crippen molar-refractivity contribution in [3.05, 3.63) is 47.7 Å². The number of hydrogen-bond acceptors (Lipinski definition) is 4. The third-order valence-electron chi connectivity index (χ3n) is 3.39. The van der Waals surface area contributed by atoms with Crippen LogP contribution in [0, 0.1) is 0 Å². The van der Waals surface area contributed by atoms with Crippen molar-refractivity contribution in [2.24, 2.45) is 0 Å². The molecule has 108 valence electrons. The molecule has 3 aromatic rings. The highest BCUT2D eigenvalue weighted by molar-refractivity contribution is 5.83. The van der Waals surface area contributed by atoms with Gasteiger partial charge in [-0.15, -0.1) is 0 Å². The topological polar surface area (TPSA) is 83.8 Å². The first-order valence-electron chi connectivity index (χ1n) is 6.83. The number of nitrogens with one attached hydrogen (secondary N) is 2. The Morgan fingerprint density at radius 3 is 3.05 bits per heavy atom. The van der Waals surface area contributed by atoms with Gasteiger partial charge in [0.1, 0.15) is 0 Å². The average molecular weight is 284 g/mol. The number of amides is 1. The summed E-state index contributed by atoms with van der Waals surface area (Å²) >= 11 is 0. The Labute approximate surface area is 121 Å².